The quantitative estimate of drug-likeness (QED) is 0.395. The molecule has 2 aliphatic rings. The summed E-state index contributed by atoms with van der Waals surface area (Å²) in [4.78, 5) is 2.26. The standard InChI is InChI=1S/C23H41NO2/c1-4-5-7-11-20(25)12-13-21-22-16-18(15-19(22)17-23(21)26)10-8-6-9-14-24(2)3/h12-13,16,19-23,25-26H,4-11,14-15,17H2,1-3H3/b13-12+/t19-,20-,21+,22-,23+/m0/s1. The first-order valence-corrected chi connectivity index (χ1v) is 10.9. The number of hydrogen-bond acceptors (Lipinski definition) is 3. The number of aliphatic hydroxyl groups is 2. The average molecular weight is 364 g/mol. The Balaban J connectivity index is 1.77. The molecule has 0 aromatic heterocycles. The predicted molar refractivity (Wildman–Crippen MR) is 110 cm³/mol. The van der Waals surface area contributed by atoms with Crippen molar-refractivity contribution < 1.29 is 10.2 Å². The Morgan fingerprint density at radius 2 is 2.00 bits per heavy atom. The van der Waals surface area contributed by atoms with Crippen molar-refractivity contribution in [3.63, 3.8) is 0 Å². The number of aliphatic hydroxyl groups excluding tert-OH is 2. The Hall–Kier alpha value is -0.640. The average Bonchev–Trinajstić information content (AvgIpc) is 3.09. The van der Waals surface area contributed by atoms with Gasteiger partial charge in [0.25, 0.3) is 0 Å². The lowest BCUT2D eigenvalue weighted by Gasteiger charge is -2.16. The van der Waals surface area contributed by atoms with Crippen molar-refractivity contribution >= 4 is 0 Å². The van der Waals surface area contributed by atoms with E-state index in [-0.39, 0.29) is 18.1 Å². The summed E-state index contributed by atoms with van der Waals surface area (Å²) < 4.78 is 0. The maximum absolute atomic E-state index is 10.4. The van der Waals surface area contributed by atoms with Crippen LogP contribution in [0.1, 0.15) is 71.1 Å². The van der Waals surface area contributed by atoms with Crippen molar-refractivity contribution in [3.8, 4) is 0 Å². The molecule has 150 valence electrons. The maximum Gasteiger partial charge on any atom is 0.0721 e. The van der Waals surface area contributed by atoms with Crippen LogP contribution in [0, 0.1) is 17.8 Å². The summed E-state index contributed by atoms with van der Waals surface area (Å²) in [6.45, 7) is 3.37. The zero-order valence-electron chi connectivity index (χ0n) is 17.2. The molecule has 0 heterocycles. The van der Waals surface area contributed by atoms with Crippen LogP contribution < -0.4 is 0 Å². The number of unbranched alkanes of at least 4 members (excludes halogenated alkanes) is 4. The second kappa shape index (κ2) is 11.3. The highest BCUT2D eigenvalue weighted by atomic mass is 16.3. The Morgan fingerprint density at radius 1 is 1.19 bits per heavy atom. The van der Waals surface area contributed by atoms with E-state index in [9.17, 15) is 10.2 Å². The number of nitrogens with zero attached hydrogens (tertiary/aromatic N) is 1. The fourth-order valence-electron chi connectivity index (χ4n) is 4.69. The van der Waals surface area contributed by atoms with Crippen LogP contribution in [-0.2, 0) is 0 Å². The molecule has 0 saturated heterocycles. The molecule has 2 rings (SSSR count). The first-order chi connectivity index (χ1) is 12.5. The Bertz CT molecular complexity index is 457. The van der Waals surface area contributed by atoms with E-state index in [1.807, 2.05) is 6.08 Å². The third-order valence-corrected chi connectivity index (χ3v) is 6.19. The van der Waals surface area contributed by atoms with Gasteiger partial charge in [-0.1, -0.05) is 56.4 Å². The molecular formula is C23H41NO2. The van der Waals surface area contributed by atoms with Gasteiger partial charge in [0.2, 0.25) is 0 Å². The van der Waals surface area contributed by atoms with Crippen LogP contribution in [0.2, 0.25) is 0 Å². The molecule has 26 heavy (non-hydrogen) atoms. The zero-order chi connectivity index (χ0) is 18.9. The highest BCUT2D eigenvalue weighted by Gasteiger charge is 2.42. The molecular weight excluding hydrogens is 322 g/mol. The van der Waals surface area contributed by atoms with Crippen LogP contribution in [0.5, 0.6) is 0 Å². The summed E-state index contributed by atoms with van der Waals surface area (Å²) >= 11 is 0. The molecule has 0 spiro atoms. The Morgan fingerprint density at radius 3 is 2.73 bits per heavy atom. The number of rotatable bonds is 12. The van der Waals surface area contributed by atoms with Gasteiger partial charge in [-0.3, -0.25) is 0 Å². The Kier molecular flexibility index (Phi) is 9.38. The second-order valence-electron chi connectivity index (χ2n) is 8.81. The molecule has 3 heteroatoms. The molecule has 0 aliphatic heterocycles. The lowest BCUT2D eigenvalue weighted by atomic mass is 9.91. The molecule has 3 nitrogen and oxygen atoms in total. The van der Waals surface area contributed by atoms with E-state index in [0.29, 0.717) is 11.8 Å². The molecule has 2 aliphatic carbocycles. The molecule has 0 aromatic rings. The first-order valence-electron chi connectivity index (χ1n) is 10.9. The molecule has 0 bridgehead atoms. The SMILES string of the molecule is CCCCC[C@H](O)/C=C/[C@@H]1[C@H]2C=C(CCCCCN(C)C)C[C@H]2C[C@H]1O. The van der Waals surface area contributed by atoms with Gasteiger partial charge in [-0.25, -0.2) is 0 Å². The van der Waals surface area contributed by atoms with E-state index >= 15 is 0 Å². The van der Waals surface area contributed by atoms with Gasteiger partial charge in [-0.15, -0.1) is 0 Å². The van der Waals surface area contributed by atoms with Gasteiger partial charge in [-0.2, -0.15) is 0 Å². The van der Waals surface area contributed by atoms with E-state index in [1.54, 1.807) is 5.57 Å². The highest BCUT2D eigenvalue weighted by Crippen LogP contribution is 2.48. The fraction of sp³-hybridized carbons (Fsp3) is 0.826. The smallest absolute Gasteiger partial charge is 0.0721 e. The van der Waals surface area contributed by atoms with Gasteiger partial charge < -0.3 is 15.1 Å². The van der Waals surface area contributed by atoms with Gasteiger partial charge in [0.1, 0.15) is 0 Å². The first kappa shape index (κ1) is 21.7. The van der Waals surface area contributed by atoms with E-state index in [1.165, 1.54) is 51.5 Å². The molecule has 0 amide bonds. The highest BCUT2D eigenvalue weighted by molar-refractivity contribution is 5.21. The summed E-state index contributed by atoms with van der Waals surface area (Å²) in [5.41, 5.74) is 1.61. The third kappa shape index (κ3) is 6.83. The Labute approximate surface area is 161 Å². The van der Waals surface area contributed by atoms with E-state index in [0.717, 1.165) is 19.3 Å². The van der Waals surface area contributed by atoms with Crippen LogP contribution >= 0.6 is 0 Å². The van der Waals surface area contributed by atoms with Crippen LogP contribution in [-0.4, -0.2) is 48.0 Å². The minimum absolute atomic E-state index is 0.201. The predicted octanol–water partition coefficient (Wildman–Crippen LogP) is 4.55. The lowest BCUT2D eigenvalue weighted by Crippen LogP contribution is -2.16. The van der Waals surface area contributed by atoms with Gasteiger partial charge in [-0.05, 0) is 71.0 Å². The fourth-order valence-corrected chi connectivity index (χ4v) is 4.69. The molecule has 2 N–H and O–H groups in total. The van der Waals surface area contributed by atoms with Crippen LogP contribution in [0.4, 0.5) is 0 Å². The molecule has 1 saturated carbocycles. The lowest BCUT2D eigenvalue weighted by molar-refractivity contribution is 0.143. The molecule has 5 atom stereocenters. The number of allylic oxidation sites excluding steroid dienone is 2. The van der Waals surface area contributed by atoms with Gasteiger partial charge in [0, 0.05) is 5.92 Å². The van der Waals surface area contributed by atoms with Crippen molar-refractivity contribution in [2.45, 2.75) is 83.3 Å². The monoisotopic (exact) mass is 363 g/mol. The topological polar surface area (TPSA) is 43.7 Å². The van der Waals surface area contributed by atoms with Crippen molar-refractivity contribution in [2.24, 2.45) is 17.8 Å². The summed E-state index contributed by atoms with van der Waals surface area (Å²) in [5, 5.41) is 20.6. The van der Waals surface area contributed by atoms with Crippen molar-refractivity contribution in [1.29, 1.82) is 0 Å². The van der Waals surface area contributed by atoms with Crippen molar-refractivity contribution in [3.05, 3.63) is 23.8 Å². The van der Waals surface area contributed by atoms with E-state index < -0.39 is 0 Å². The number of fused-ring (bicyclic) bond motifs is 1. The van der Waals surface area contributed by atoms with E-state index in [2.05, 4.69) is 38.1 Å². The summed E-state index contributed by atoms with van der Waals surface area (Å²) in [6.07, 6.45) is 17.4. The maximum atomic E-state index is 10.4. The van der Waals surface area contributed by atoms with Crippen LogP contribution in [0.25, 0.3) is 0 Å². The largest absolute Gasteiger partial charge is 0.392 e. The van der Waals surface area contributed by atoms with E-state index in [4.69, 9.17) is 0 Å². The minimum atomic E-state index is -0.352. The van der Waals surface area contributed by atoms with Gasteiger partial charge in [0.15, 0.2) is 0 Å². The molecule has 0 unspecified atom stereocenters. The summed E-state index contributed by atoms with van der Waals surface area (Å²) in [5.74, 6) is 1.31. The minimum Gasteiger partial charge on any atom is -0.392 e. The van der Waals surface area contributed by atoms with Gasteiger partial charge >= 0.3 is 0 Å². The number of hydrogen-bond donors (Lipinski definition) is 2. The molecule has 0 aromatic carbocycles. The normalized spacial score (nSPS) is 29.5. The summed E-state index contributed by atoms with van der Waals surface area (Å²) in [6, 6.07) is 0. The van der Waals surface area contributed by atoms with Crippen molar-refractivity contribution in [2.75, 3.05) is 20.6 Å². The second-order valence-corrected chi connectivity index (χ2v) is 8.81. The van der Waals surface area contributed by atoms with Crippen molar-refractivity contribution in [1.82, 2.24) is 4.90 Å². The summed E-state index contributed by atoms with van der Waals surface area (Å²) in [7, 11) is 4.28. The molecule has 1 fully saturated rings. The van der Waals surface area contributed by atoms with Crippen LogP contribution in [0.3, 0.4) is 0 Å². The van der Waals surface area contributed by atoms with Gasteiger partial charge in [0.05, 0.1) is 12.2 Å². The zero-order valence-corrected chi connectivity index (χ0v) is 17.2. The van der Waals surface area contributed by atoms with Crippen LogP contribution in [0.15, 0.2) is 23.8 Å². The third-order valence-electron chi connectivity index (χ3n) is 6.19. The molecule has 0 radical (unpaired) electrons.